The van der Waals surface area contributed by atoms with E-state index < -0.39 is 5.54 Å². The standard InChI is InChI=1S/C18H18N2O2S/c1-12-4-2-5-13(10-12)11-20-16(21)18(19-17(20)22)8-3-6-15-14(18)7-9-23-15/h2,4-5,7,9-10H,3,6,8,11H2,1H3,(H,19,22)/t18-/m1/s1. The Morgan fingerprint density at radius 1 is 1.30 bits per heavy atom. The lowest BCUT2D eigenvalue weighted by molar-refractivity contribution is -0.132. The highest BCUT2D eigenvalue weighted by molar-refractivity contribution is 7.10. The molecule has 1 aromatic carbocycles. The predicted octanol–water partition coefficient (Wildman–Crippen LogP) is 3.34. The molecule has 1 aliphatic heterocycles. The number of thiophene rings is 1. The van der Waals surface area contributed by atoms with Crippen LogP contribution in [-0.4, -0.2) is 16.8 Å². The molecule has 4 nitrogen and oxygen atoms in total. The summed E-state index contributed by atoms with van der Waals surface area (Å²) in [7, 11) is 0. The highest BCUT2D eigenvalue weighted by atomic mass is 32.1. The lowest BCUT2D eigenvalue weighted by atomic mass is 9.80. The van der Waals surface area contributed by atoms with Crippen molar-refractivity contribution in [1.29, 1.82) is 0 Å². The Kier molecular flexibility index (Phi) is 3.27. The average molecular weight is 326 g/mol. The number of carbonyl (C=O) groups excluding carboxylic acids is 2. The zero-order valence-electron chi connectivity index (χ0n) is 13.0. The third kappa shape index (κ3) is 2.18. The molecule has 2 heterocycles. The molecule has 1 aromatic heterocycles. The van der Waals surface area contributed by atoms with Crippen LogP contribution in [0.4, 0.5) is 4.79 Å². The van der Waals surface area contributed by atoms with Gasteiger partial charge in [0.1, 0.15) is 5.54 Å². The third-order valence-corrected chi connectivity index (χ3v) is 5.74. The molecule has 0 radical (unpaired) electrons. The van der Waals surface area contributed by atoms with Gasteiger partial charge in [-0.3, -0.25) is 9.69 Å². The molecule has 1 fully saturated rings. The summed E-state index contributed by atoms with van der Waals surface area (Å²) in [6.07, 6.45) is 2.61. The van der Waals surface area contributed by atoms with E-state index in [0.717, 1.165) is 29.5 Å². The van der Waals surface area contributed by atoms with Crippen LogP contribution in [0.2, 0.25) is 0 Å². The van der Waals surface area contributed by atoms with Crippen LogP contribution < -0.4 is 5.32 Å². The number of hydrogen-bond donors (Lipinski definition) is 1. The average Bonchev–Trinajstić information content (AvgIpc) is 3.09. The van der Waals surface area contributed by atoms with Crippen LogP contribution in [0.15, 0.2) is 35.7 Å². The maximum atomic E-state index is 13.1. The SMILES string of the molecule is Cc1cccc(CN2C(=O)N[C@@]3(CCCc4sccc43)C2=O)c1. The number of nitrogens with zero attached hydrogens (tertiary/aromatic N) is 1. The van der Waals surface area contributed by atoms with E-state index in [9.17, 15) is 9.59 Å². The normalized spacial score (nSPS) is 23.3. The molecule has 0 bridgehead atoms. The summed E-state index contributed by atoms with van der Waals surface area (Å²) in [6.45, 7) is 2.34. The van der Waals surface area contributed by atoms with E-state index in [2.05, 4.69) is 5.32 Å². The number of fused-ring (bicyclic) bond motifs is 2. The van der Waals surface area contributed by atoms with Gasteiger partial charge in [0.15, 0.2) is 0 Å². The van der Waals surface area contributed by atoms with Gasteiger partial charge in [0.05, 0.1) is 6.54 Å². The highest BCUT2D eigenvalue weighted by Gasteiger charge is 2.54. The highest BCUT2D eigenvalue weighted by Crippen LogP contribution is 2.42. The first kappa shape index (κ1) is 14.5. The zero-order valence-corrected chi connectivity index (χ0v) is 13.8. The zero-order chi connectivity index (χ0) is 16.0. The molecule has 1 aliphatic carbocycles. The minimum absolute atomic E-state index is 0.108. The van der Waals surface area contributed by atoms with Gasteiger partial charge in [0, 0.05) is 10.4 Å². The van der Waals surface area contributed by atoms with Crippen molar-refractivity contribution in [3.63, 3.8) is 0 Å². The van der Waals surface area contributed by atoms with Gasteiger partial charge in [-0.05, 0) is 43.2 Å². The van der Waals surface area contributed by atoms with E-state index in [1.165, 1.54) is 9.78 Å². The monoisotopic (exact) mass is 326 g/mol. The number of aryl methyl sites for hydroxylation is 2. The predicted molar refractivity (Wildman–Crippen MR) is 89.2 cm³/mol. The van der Waals surface area contributed by atoms with E-state index in [1.807, 2.05) is 42.6 Å². The van der Waals surface area contributed by atoms with Crippen molar-refractivity contribution in [1.82, 2.24) is 10.2 Å². The maximum Gasteiger partial charge on any atom is 0.325 e. The van der Waals surface area contributed by atoms with Crippen molar-refractivity contribution in [2.24, 2.45) is 0 Å². The number of nitrogens with one attached hydrogen (secondary N) is 1. The molecule has 5 heteroatoms. The summed E-state index contributed by atoms with van der Waals surface area (Å²) in [6, 6.07) is 9.65. The van der Waals surface area contributed by atoms with Crippen LogP contribution in [0.25, 0.3) is 0 Å². The first-order valence-corrected chi connectivity index (χ1v) is 8.75. The molecule has 0 saturated carbocycles. The van der Waals surface area contributed by atoms with Gasteiger partial charge in [-0.2, -0.15) is 0 Å². The fourth-order valence-electron chi connectivity index (χ4n) is 3.68. The van der Waals surface area contributed by atoms with Gasteiger partial charge in [-0.1, -0.05) is 29.8 Å². The van der Waals surface area contributed by atoms with Crippen molar-refractivity contribution >= 4 is 23.3 Å². The van der Waals surface area contributed by atoms with Gasteiger partial charge in [-0.25, -0.2) is 4.79 Å². The number of urea groups is 1. The number of carbonyl (C=O) groups is 2. The molecule has 1 atom stereocenters. The quantitative estimate of drug-likeness (QED) is 0.861. The Morgan fingerprint density at radius 3 is 3.00 bits per heavy atom. The summed E-state index contributed by atoms with van der Waals surface area (Å²) in [4.78, 5) is 28.2. The van der Waals surface area contributed by atoms with Crippen molar-refractivity contribution in [2.75, 3.05) is 0 Å². The summed E-state index contributed by atoms with van der Waals surface area (Å²) >= 11 is 1.67. The second-order valence-electron chi connectivity index (χ2n) is 6.33. The lowest BCUT2D eigenvalue weighted by Crippen LogP contribution is -2.46. The number of amides is 3. The van der Waals surface area contributed by atoms with Gasteiger partial charge in [0.2, 0.25) is 0 Å². The molecule has 4 rings (SSSR count). The summed E-state index contributed by atoms with van der Waals surface area (Å²) < 4.78 is 0. The van der Waals surface area contributed by atoms with E-state index in [0.29, 0.717) is 13.0 Å². The molecule has 2 aliphatic rings. The molecule has 1 saturated heterocycles. The van der Waals surface area contributed by atoms with Crippen LogP contribution in [0.3, 0.4) is 0 Å². The Morgan fingerprint density at radius 2 is 2.17 bits per heavy atom. The van der Waals surface area contributed by atoms with Crippen LogP contribution in [0.1, 0.15) is 34.4 Å². The van der Waals surface area contributed by atoms with Gasteiger partial charge in [0.25, 0.3) is 5.91 Å². The van der Waals surface area contributed by atoms with Gasteiger partial charge in [-0.15, -0.1) is 11.3 Å². The first-order valence-electron chi connectivity index (χ1n) is 7.87. The molecule has 1 spiro atoms. The fourth-order valence-corrected chi connectivity index (χ4v) is 4.68. The minimum Gasteiger partial charge on any atom is -0.319 e. The molecule has 2 aromatic rings. The van der Waals surface area contributed by atoms with Crippen LogP contribution in [-0.2, 0) is 23.3 Å². The molecular weight excluding hydrogens is 308 g/mol. The van der Waals surface area contributed by atoms with Crippen LogP contribution in [0.5, 0.6) is 0 Å². The molecule has 118 valence electrons. The molecule has 0 unspecified atom stereocenters. The minimum atomic E-state index is -0.839. The Labute approximate surface area is 139 Å². The second-order valence-corrected chi connectivity index (χ2v) is 7.33. The van der Waals surface area contributed by atoms with Crippen molar-refractivity contribution in [3.8, 4) is 0 Å². The Hall–Kier alpha value is -2.14. The Balaban J connectivity index is 1.68. The second kappa shape index (κ2) is 5.20. The molecule has 23 heavy (non-hydrogen) atoms. The van der Waals surface area contributed by atoms with Crippen molar-refractivity contribution < 1.29 is 9.59 Å². The number of hydrogen-bond acceptors (Lipinski definition) is 3. The lowest BCUT2D eigenvalue weighted by Gasteiger charge is -2.31. The maximum absolute atomic E-state index is 13.1. The number of benzene rings is 1. The molecular formula is C18H18N2O2S. The summed E-state index contributed by atoms with van der Waals surface area (Å²) in [5.41, 5.74) is 2.27. The van der Waals surface area contributed by atoms with Crippen molar-refractivity contribution in [2.45, 2.75) is 38.3 Å². The third-order valence-electron chi connectivity index (χ3n) is 4.76. The Bertz CT molecular complexity index is 798. The van der Waals surface area contributed by atoms with E-state index in [4.69, 9.17) is 0 Å². The smallest absolute Gasteiger partial charge is 0.319 e. The van der Waals surface area contributed by atoms with Crippen LogP contribution >= 0.6 is 11.3 Å². The van der Waals surface area contributed by atoms with Gasteiger partial charge >= 0.3 is 6.03 Å². The van der Waals surface area contributed by atoms with Crippen molar-refractivity contribution in [3.05, 3.63) is 57.3 Å². The van der Waals surface area contributed by atoms with Gasteiger partial charge < -0.3 is 5.32 Å². The molecule has 1 N–H and O–H groups in total. The summed E-state index contributed by atoms with van der Waals surface area (Å²) in [5.74, 6) is -0.108. The fraction of sp³-hybridized carbons (Fsp3) is 0.333. The van der Waals surface area contributed by atoms with E-state index in [1.54, 1.807) is 11.3 Å². The van der Waals surface area contributed by atoms with E-state index in [-0.39, 0.29) is 11.9 Å². The number of rotatable bonds is 2. The van der Waals surface area contributed by atoms with Crippen LogP contribution in [0, 0.1) is 6.92 Å². The molecule has 3 amide bonds. The largest absolute Gasteiger partial charge is 0.325 e. The van der Waals surface area contributed by atoms with E-state index >= 15 is 0 Å². The number of imide groups is 1. The first-order chi connectivity index (χ1) is 11.1. The summed E-state index contributed by atoms with van der Waals surface area (Å²) in [5, 5.41) is 5.00. The topological polar surface area (TPSA) is 49.4 Å².